The van der Waals surface area contributed by atoms with E-state index < -0.39 is 5.97 Å². The summed E-state index contributed by atoms with van der Waals surface area (Å²) >= 11 is 4.82. The predicted molar refractivity (Wildman–Crippen MR) is 92.4 cm³/mol. The summed E-state index contributed by atoms with van der Waals surface area (Å²) in [6, 6.07) is 0. The number of nitrogens with one attached hydrogen (secondary N) is 1. The van der Waals surface area contributed by atoms with E-state index in [4.69, 9.17) is 16.7 Å². The van der Waals surface area contributed by atoms with Gasteiger partial charge in [0.05, 0.1) is 7.11 Å². The molecule has 0 atom stereocenters. The first-order valence-corrected chi connectivity index (χ1v) is 7.33. The third-order valence-corrected chi connectivity index (χ3v) is 1.85. The normalized spacial score (nSPS) is 7.21. The highest BCUT2D eigenvalue weighted by molar-refractivity contribution is 6.63. The Morgan fingerprint density at radius 2 is 1.29 bits per heavy atom. The molecule has 0 aromatic rings. The average Bonchev–Trinajstić information content (AvgIpc) is 2.63. The largest absolute Gasteiger partial charge is 0.481 e. The van der Waals surface area contributed by atoms with Crippen LogP contribution in [0.4, 0.5) is 0 Å². The molecule has 0 saturated heterocycles. The van der Waals surface area contributed by atoms with Crippen molar-refractivity contribution in [1.82, 2.24) is 5.43 Å². The van der Waals surface area contributed by atoms with Crippen molar-refractivity contribution >= 4 is 34.7 Å². The van der Waals surface area contributed by atoms with Crippen LogP contribution < -0.4 is 23.0 Å². The van der Waals surface area contributed by atoms with Gasteiger partial charge in [0.1, 0.15) is 0 Å². The summed E-state index contributed by atoms with van der Waals surface area (Å²) in [6.45, 7) is 6.81. The molecule has 0 rings (SSSR count). The summed E-state index contributed by atoms with van der Waals surface area (Å²) in [5.74, 6) is 11.7. The number of amides is 1. The number of carbonyl (C=O) groups is 4. The van der Waals surface area contributed by atoms with Crippen LogP contribution in [0.15, 0.2) is 0 Å². The molecule has 11 heteroatoms. The third-order valence-electron chi connectivity index (χ3n) is 1.58. The molecule has 0 bridgehead atoms. The van der Waals surface area contributed by atoms with Gasteiger partial charge in [0.25, 0.3) is 0 Å². The van der Waals surface area contributed by atoms with Gasteiger partial charge in [-0.15, -0.1) is 0 Å². The number of aliphatic carboxylic acids is 1. The van der Waals surface area contributed by atoms with E-state index in [9.17, 15) is 19.2 Å². The predicted octanol–water partition coefficient (Wildman–Crippen LogP) is 0.417. The maximum absolute atomic E-state index is 9.96. The van der Waals surface area contributed by atoms with Gasteiger partial charge in [-0.25, -0.2) is 5.84 Å². The zero-order chi connectivity index (χ0) is 20.6. The van der Waals surface area contributed by atoms with Crippen molar-refractivity contribution in [2.24, 2.45) is 17.5 Å². The number of carboxylic acids is 1. The average molecular weight is 375 g/mol. The highest BCUT2D eigenvalue weighted by Crippen LogP contribution is 1.81. The van der Waals surface area contributed by atoms with Gasteiger partial charge in [-0.05, 0) is 11.6 Å². The van der Waals surface area contributed by atoms with Gasteiger partial charge in [0.15, 0.2) is 0 Å². The van der Waals surface area contributed by atoms with Crippen molar-refractivity contribution in [2.75, 3.05) is 7.11 Å². The minimum atomic E-state index is -0.745. The highest BCUT2D eigenvalue weighted by Gasteiger charge is 1.87. The maximum Gasteiger partial charge on any atom is 0.305 e. The Hall–Kier alpha value is -1.75. The molecule has 1 amide bonds. The summed E-state index contributed by atoms with van der Waals surface area (Å²) in [5, 5.41) is 7.45. The molecule has 0 heterocycles. The number of hydrazine groups is 2. The van der Waals surface area contributed by atoms with Crippen LogP contribution in [0.2, 0.25) is 0 Å². The van der Waals surface area contributed by atoms with Crippen LogP contribution >= 0.6 is 11.6 Å². The number of hydrogen-bond donors (Lipinski definition) is 5. The number of halogens is 1. The lowest BCUT2D eigenvalue weighted by Crippen LogP contribution is -2.28. The van der Waals surface area contributed by atoms with E-state index in [0.29, 0.717) is 19.3 Å². The molecule has 0 aliphatic heterocycles. The Bertz CT molecular complexity index is 275. The minimum absolute atomic E-state index is 0.130. The number of hydrogen-bond acceptors (Lipinski definition) is 8. The molecular formula is C13H31ClN4O6. The topological polar surface area (TPSA) is 188 Å². The molecule has 146 valence electrons. The molecule has 0 aliphatic carbocycles. The summed E-state index contributed by atoms with van der Waals surface area (Å²) < 4.78 is 4.26. The molecule has 0 aromatic heterocycles. The van der Waals surface area contributed by atoms with Crippen molar-refractivity contribution < 1.29 is 29.0 Å². The molecule has 0 aromatic carbocycles. The van der Waals surface area contributed by atoms with E-state index in [1.807, 2.05) is 5.43 Å². The standard InChI is InChI=1S/C4H8O2.C3H5ClO.C3H8N2O.C3H6O2.H4N2/c1-3-4(5)6-2;1-2-3(4)5;1-2-3(6)5-4;1-2-3(4)5;1-2/h3H2,1-2H3;2H2,1H3;2,4H2,1H3,(H,5,6);2H2,1H3,(H,4,5);1-2H2. The van der Waals surface area contributed by atoms with Crippen LogP contribution in [0.3, 0.4) is 0 Å². The first-order valence-electron chi connectivity index (χ1n) is 6.96. The second-order valence-corrected chi connectivity index (χ2v) is 3.73. The Labute approximate surface area is 148 Å². The number of carbonyl (C=O) groups excluding carboxylic acids is 3. The van der Waals surface area contributed by atoms with Gasteiger partial charge in [0, 0.05) is 25.7 Å². The molecule has 0 fully saturated rings. The first kappa shape index (κ1) is 33.8. The van der Waals surface area contributed by atoms with E-state index in [2.05, 4.69) is 22.3 Å². The zero-order valence-corrected chi connectivity index (χ0v) is 15.7. The maximum atomic E-state index is 9.96. The molecule has 10 nitrogen and oxygen atoms in total. The van der Waals surface area contributed by atoms with Gasteiger partial charge < -0.3 is 9.84 Å². The number of methoxy groups -OCH3 is 1. The monoisotopic (exact) mass is 374 g/mol. The Morgan fingerprint density at radius 1 is 0.958 bits per heavy atom. The quantitative estimate of drug-likeness (QED) is 0.152. The Balaban J connectivity index is -0.0000000647. The molecule has 0 spiro atoms. The van der Waals surface area contributed by atoms with Crippen molar-refractivity contribution in [2.45, 2.75) is 53.4 Å². The molecule has 8 N–H and O–H groups in total. The zero-order valence-electron chi connectivity index (χ0n) is 14.9. The van der Waals surface area contributed by atoms with Crippen LogP contribution in [0.5, 0.6) is 0 Å². The van der Waals surface area contributed by atoms with Gasteiger partial charge in [0.2, 0.25) is 11.1 Å². The molecule has 0 saturated carbocycles. The fourth-order valence-electron chi connectivity index (χ4n) is 0.246. The minimum Gasteiger partial charge on any atom is -0.481 e. The lowest BCUT2D eigenvalue weighted by atomic mass is 10.5. The van der Waals surface area contributed by atoms with E-state index >= 15 is 0 Å². The molecule has 0 radical (unpaired) electrons. The highest BCUT2D eigenvalue weighted by atomic mass is 35.5. The lowest BCUT2D eigenvalue weighted by molar-refractivity contribution is -0.140. The Kier molecular flexibility index (Phi) is 46.4. The van der Waals surface area contributed by atoms with Gasteiger partial charge in [-0.3, -0.25) is 36.3 Å². The number of carboxylic acid groups (broad SMARTS) is 1. The van der Waals surface area contributed by atoms with E-state index in [0.717, 1.165) is 0 Å². The van der Waals surface area contributed by atoms with Crippen molar-refractivity contribution in [3.05, 3.63) is 0 Å². The molecule has 0 aliphatic rings. The van der Waals surface area contributed by atoms with Crippen LogP contribution in [-0.2, 0) is 23.9 Å². The van der Waals surface area contributed by atoms with E-state index in [1.54, 1.807) is 27.7 Å². The number of rotatable bonds is 4. The van der Waals surface area contributed by atoms with Crippen molar-refractivity contribution in [3.8, 4) is 0 Å². The smallest absolute Gasteiger partial charge is 0.305 e. The molecule has 24 heavy (non-hydrogen) atoms. The number of nitrogens with two attached hydrogens (primary N) is 3. The third kappa shape index (κ3) is 71.4. The summed E-state index contributed by atoms with van der Waals surface area (Å²) in [7, 11) is 1.38. The molecule has 0 unspecified atom stereocenters. The van der Waals surface area contributed by atoms with Crippen LogP contribution in [-0.4, -0.2) is 35.3 Å². The van der Waals surface area contributed by atoms with Gasteiger partial charge in [-0.1, -0.05) is 27.7 Å². The molecular weight excluding hydrogens is 344 g/mol. The van der Waals surface area contributed by atoms with Crippen LogP contribution in [0, 0.1) is 0 Å². The van der Waals surface area contributed by atoms with Crippen molar-refractivity contribution in [1.29, 1.82) is 0 Å². The summed E-state index contributed by atoms with van der Waals surface area (Å²) in [4.78, 5) is 38.8. The number of esters is 1. The second-order valence-electron chi connectivity index (χ2n) is 3.31. The first-order chi connectivity index (χ1) is 11.2. The summed E-state index contributed by atoms with van der Waals surface area (Å²) in [5.41, 5.74) is 1.98. The van der Waals surface area contributed by atoms with E-state index in [-0.39, 0.29) is 23.5 Å². The fraction of sp³-hybridized carbons (Fsp3) is 0.692. The Morgan fingerprint density at radius 3 is 1.29 bits per heavy atom. The fourth-order valence-corrected chi connectivity index (χ4v) is 0.246. The van der Waals surface area contributed by atoms with Crippen LogP contribution in [0.25, 0.3) is 0 Å². The summed E-state index contributed by atoms with van der Waals surface area (Å²) in [6.07, 6.45) is 1.58. The SMILES string of the molecule is CCC(=O)Cl.CCC(=O)NN.CCC(=O)O.CCC(=O)OC.NN. The lowest BCUT2D eigenvalue weighted by Gasteiger charge is -1.87. The van der Waals surface area contributed by atoms with Gasteiger partial charge >= 0.3 is 11.9 Å². The van der Waals surface area contributed by atoms with Crippen LogP contribution in [0.1, 0.15) is 53.4 Å². The van der Waals surface area contributed by atoms with Gasteiger partial charge in [-0.2, -0.15) is 0 Å². The van der Waals surface area contributed by atoms with Crippen molar-refractivity contribution in [3.63, 3.8) is 0 Å². The van der Waals surface area contributed by atoms with E-state index in [1.165, 1.54) is 7.11 Å². The number of ether oxygens (including phenoxy) is 1. The second kappa shape index (κ2) is 33.0.